The van der Waals surface area contributed by atoms with Gasteiger partial charge in [0.1, 0.15) is 60.4 Å². The maximum atomic E-state index is 15.5. The molecule has 6 aromatic rings. The van der Waals surface area contributed by atoms with Crippen molar-refractivity contribution in [1.29, 1.82) is 0 Å². The van der Waals surface area contributed by atoms with Crippen molar-refractivity contribution in [3.05, 3.63) is 144 Å². The molecule has 2 saturated heterocycles. The van der Waals surface area contributed by atoms with E-state index < -0.39 is 150 Å². The van der Waals surface area contributed by atoms with Crippen LogP contribution >= 0.6 is 0 Å². The molecule has 8 rings (SSSR count). The van der Waals surface area contributed by atoms with E-state index >= 15 is 19.2 Å². The van der Waals surface area contributed by atoms with Crippen LogP contribution in [-0.4, -0.2) is 194 Å². The van der Waals surface area contributed by atoms with Gasteiger partial charge >= 0.3 is 5.97 Å². The molecule has 31 heteroatoms. The highest BCUT2D eigenvalue weighted by Gasteiger charge is 2.43. The first kappa shape index (κ1) is 84.4. The summed E-state index contributed by atoms with van der Waals surface area (Å²) in [5.74, 6) is -9.89. The van der Waals surface area contributed by atoms with Gasteiger partial charge in [-0.15, -0.1) is 0 Å². The SMILES string of the molecule is CC(C)C[C@H](NC(=O)[C@H](CC(C)C)NC(=O)[C@@H](Cc1c[nH]c2ccccc12)NC(=O)[C@H](Cc1ccccc1)NC(=O)[C@@H](Cc1c[nH]c2ccccc12)NC(=O)[C@H](CCC(N)=O)NC(=O)[C@@H](Cc1ccccc1)NC(=O)[C@@H]1CCCN1C(=O)[C@H](CCCCN)NC(=O)[C@@H]1CCCN1C(=O)[C@H](N)CCCN=C(N)N)C(=O)O. The van der Waals surface area contributed by atoms with Crippen LogP contribution in [0.25, 0.3) is 21.8 Å². The van der Waals surface area contributed by atoms with Gasteiger partial charge in [-0.3, -0.25) is 57.7 Å². The Bertz CT molecular complexity index is 4180. The van der Waals surface area contributed by atoms with Crippen molar-refractivity contribution >= 4 is 98.7 Å². The highest BCUT2D eigenvalue weighted by atomic mass is 16.4. The first-order chi connectivity index (χ1) is 52.7. The minimum atomic E-state index is -1.62. The second-order valence-electron chi connectivity index (χ2n) is 29.3. The lowest BCUT2D eigenvalue weighted by atomic mass is 9.98. The van der Waals surface area contributed by atoms with Crippen LogP contribution in [0.4, 0.5) is 0 Å². The summed E-state index contributed by atoms with van der Waals surface area (Å²) >= 11 is 0. The maximum Gasteiger partial charge on any atom is 0.326 e. The Morgan fingerprint density at radius 3 is 1.35 bits per heavy atom. The lowest BCUT2D eigenvalue weighted by molar-refractivity contribution is -0.144. The van der Waals surface area contributed by atoms with Crippen LogP contribution < -0.4 is 71.2 Å². The monoisotopic (exact) mass is 1520 g/mol. The number of nitrogens with one attached hydrogen (secondary N) is 10. The number of para-hydroxylation sites is 2. The van der Waals surface area contributed by atoms with Gasteiger partial charge in [-0.1, -0.05) is 125 Å². The Hall–Kier alpha value is -11.2. The quantitative estimate of drug-likeness (QED) is 0.0147. The van der Waals surface area contributed by atoms with E-state index in [4.69, 9.17) is 28.7 Å². The predicted molar refractivity (Wildman–Crippen MR) is 415 cm³/mol. The van der Waals surface area contributed by atoms with Gasteiger partial charge < -0.3 is 96.1 Å². The molecule has 4 heterocycles. The number of fused-ring (bicyclic) bond motifs is 2. The Labute approximate surface area is 639 Å². The fraction of sp³-hybridized carbons (Fsp3) is 0.481. The predicted octanol–water partition coefficient (Wildman–Crippen LogP) is 1.73. The van der Waals surface area contributed by atoms with Crippen LogP contribution in [-0.2, 0) is 83.2 Å². The first-order valence-corrected chi connectivity index (χ1v) is 37.9. The molecule has 0 bridgehead atoms. The zero-order valence-corrected chi connectivity index (χ0v) is 63.0. The van der Waals surface area contributed by atoms with E-state index in [0.717, 1.165) is 10.9 Å². The van der Waals surface area contributed by atoms with E-state index in [0.29, 0.717) is 78.2 Å². The minimum absolute atomic E-state index is 0.0926. The average molecular weight is 1520 g/mol. The number of rotatable bonds is 42. The van der Waals surface area contributed by atoms with Gasteiger partial charge in [0.05, 0.1) is 6.04 Å². The number of hydrogen-bond acceptors (Lipinski definition) is 15. The van der Waals surface area contributed by atoms with Gasteiger partial charge in [-0.2, -0.15) is 0 Å². The molecule has 2 fully saturated rings. The summed E-state index contributed by atoms with van der Waals surface area (Å²) in [6, 6.07) is 17.7. The number of primary amides is 1. The van der Waals surface area contributed by atoms with Crippen LogP contribution in [0, 0.1) is 11.8 Å². The molecule has 2 aliphatic heterocycles. The van der Waals surface area contributed by atoms with Crippen LogP contribution in [0.5, 0.6) is 0 Å². The molecule has 4 aromatic carbocycles. The molecule has 110 heavy (non-hydrogen) atoms. The molecule has 0 radical (unpaired) electrons. The smallest absolute Gasteiger partial charge is 0.326 e. The number of hydrogen-bond donors (Lipinski definition) is 16. The fourth-order valence-corrected chi connectivity index (χ4v) is 14.1. The molecule has 31 nitrogen and oxygen atoms in total. The van der Waals surface area contributed by atoms with Crippen molar-refractivity contribution in [2.45, 2.75) is 203 Å². The maximum absolute atomic E-state index is 15.5. The van der Waals surface area contributed by atoms with E-state index in [9.17, 15) is 43.5 Å². The van der Waals surface area contributed by atoms with Crippen molar-refractivity contribution in [3.63, 3.8) is 0 Å². The molecule has 21 N–H and O–H groups in total. The number of likely N-dealkylation sites (tertiary alicyclic amines) is 2. The summed E-state index contributed by atoms with van der Waals surface area (Å²) in [5, 5.41) is 33.9. The van der Waals surface area contributed by atoms with E-state index in [1.54, 1.807) is 91.3 Å². The number of nitrogens with zero attached hydrogens (tertiary/aromatic N) is 3. The van der Waals surface area contributed by atoms with Gasteiger partial charge in [-0.25, -0.2) is 4.79 Å². The largest absolute Gasteiger partial charge is 0.480 e. The van der Waals surface area contributed by atoms with E-state index in [1.165, 1.54) is 9.80 Å². The second kappa shape index (κ2) is 41.4. The van der Waals surface area contributed by atoms with Gasteiger partial charge in [0, 0.05) is 85.9 Å². The van der Waals surface area contributed by atoms with Gasteiger partial charge in [0.25, 0.3) is 0 Å². The van der Waals surface area contributed by atoms with Crippen LogP contribution in [0.1, 0.15) is 133 Å². The number of benzene rings is 4. The van der Waals surface area contributed by atoms with Gasteiger partial charge in [0.2, 0.25) is 65.0 Å². The van der Waals surface area contributed by atoms with Crippen LogP contribution in [0.3, 0.4) is 0 Å². The lowest BCUT2D eigenvalue weighted by Crippen LogP contribution is -2.61. The van der Waals surface area contributed by atoms with Gasteiger partial charge in [0.15, 0.2) is 5.96 Å². The standard InChI is InChI=1S/C79H108N18O13/c1-46(2)38-59(69(100)95-64(78(109)110)39-47(3)4)90-72(103)63(43-51-45-87-56-28-14-12-25-53(51)56)93-71(102)60(40-48-20-7-5-8-21-48)91-73(104)62(42-50-44-86-55-27-13-11-24-52(50)55)92-68(99)57(32-33-67(82)98)88-70(101)61(41-49-22-9-6-10-23-49)94-75(106)66-31-19-37-97(66)77(108)58(29-15-16-34-80)89-74(105)65-30-18-36-96(65)76(107)54(81)26-17-35-85-79(83)84/h5-14,20-25,27-28,44-47,54,57-66,86-87H,15-19,26,29-43,80-81H2,1-4H3,(H2,82,98)(H,88,101)(H,89,105)(H,90,103)(H,91,104)(H,92,99)(H,93,102)(H,94,106)(H,95,100)(H,109,110)(H4,83,84,85)/t54-,57+,58+,59+,60+,61-,62-,63-,64+,65+,66+/m1/s1. The zero-order valence-electron chi connectivity index (χ0n) is 63.0. The van der Waals surface area contributed by atoms with Crippen LogP contribution in [0.15, 0.2) is 127 Å². The first-order valence-electron chi connectivity index (χ1n) is 37.9. The number of carboxylic acids is 1. The Kier molecular flexibility index (Phi) is 31.8. The highest BCUT2D eigenvalue weighted by Crippen LogP contribution is 2.26. The van der Waals surface area contributed by atoms with Crippen molar-refractivity contribution in [2.75, 3.05) is 26.2 Å². The number of carbonyl (C=O) groups excluding carboxylic acids is 11. The van der Waals surface area contributed by atoms with E-state index in [-0.39, 0.29) is 95.2 Å². The summed E-state index contributed by atoms with van der Waals surface area (Å²) in [6.07, 6.45) is 5.17. The Morgan fingerprint density at radius 2 is 0.882 bits per heavy atom. The molecule has 0 spiro atoms. The molecule has 592 valence electrons. The van der Waals surface area contributed by atoms with E-state index in [2.05, 4.69) is 57.5 Å². The van der Waals surface area contributed by atoms with Crippen molar-refractivity contribution in [3.8, 4) is 0 Å². The fourth-order valence-electron chi connectivity index (χ4n) is 14.1. The molecule has 2 aromatic heterocycles. The Morgan fingerprint density at radius 1 is 0.473 bits per heavy atom. The third-order valence-corrected chi connectivity index (χ3v) is 19.8. The summed E-state index contributed by atoms with van der Waals surface area (Å²) < 4.78 is 0. The summed E-state index contributed by atoms with van der Waals surface area (Å²) in [7, 11) is 0. The topological polar surface area (TPSA) is 502 Å². The summed E-state index contributed by atoms with van der Waals surface area (Å²) in [4.78, 5) is 186. The number of H-pyrrole nitrogens is 2. The number of aromatic amines is 2. The third kappa shape index (κ3) is 24.7. The molecule has 0 saturated carbocycles. The van der Waals surface area contributed by atoms with Gasteiger partial charge in [-0.05, 0) is 130 Å². The van der Waals surface area contributed by atoms with Crippen LogP contribution in [0.2, 0.25) is 0 Å². The number of unbranched alkanes of at least 4 members (excludes halogenated alkanes) is 1. The molecule has 0 aliphatic carbocycles. The van der Waals surface area contributed by atoms with Crippen molar-refractivity contribution < 1.29 is 62.6 Å². The van der Waals surface area contributed by atoms with Crippen molar-refractivity contribution in [2.24, 2.45) is 45.5 Å². The molecule has 2 aliphatic rings. The lowest BCUT2D eigenvalue weighted by Gasteiger charge is -2.32. The third-order valence-electron chi connectivity index (χ3n) is 19.8. The minimum Gasteiger partial charge on any atom is -0.480 e. The highest BCUT2D eigenvalue weighted by molar-refractivity contribution is 6.00. The normalized spacial score (nSPS) is 16.6. The number of amides is 11. The number of carbonyl (C=O) groups is 12. The Balaban J connectivity index is 1.06. The molecule has 11 atom stereocenters. The number of nitrogens with two attached hydrogens (primary N) is 5. The number of guanidine groups is 1. The summed E-state index contributed by atoms with van der Waals surface area (Å²) in [5.41, 5.74) is 32.6. The molecular weight excluding hydrogens is 1410 g/mol. The average Bonchev–Trinajstić information content (AvgIpc) is 1.64. The van der Waals surface area contributed by atoms with Crippen molar-refractivity contribution in [1.82, 2.24) is 62.3 Å². The number of aromatic nitrogens is 2. The number of aliphatic imine (C=N–C) groups is 1. The zero-order chi connectivity index (χ0) is 79.6. The van der Waals surface area contributed by atoms with E-state index in [1.807, 2.05) is 58.0 Å². The summed E-state index contributed by atoms with van der Waals surface area (Å²) in [6.45, 7) is 8.23. The molecule has 11 amide bonds. The molecular formula is C79H108N18O13. The number of aliphatic carboxylic acids is 1. The number of carboxylic acid groups (broad SMARTS) is 1. The molecule has 0 unspecified atom stereocenters. The second-order valence-corrected chi connectivity index (χ2v) is 29.3.